The monoisotopic (exact) mass is 344 g/mol. The van der Waals surface area contributed by atoms with Gasteiger partial charge in [0.15, 0.2) is 0 Å². The fraction of sp³-hybridized carbons (Fsp3) is 0.533. The number of sulfonamides is 1. The maximum atomic E-state index is 12.2. The highest BCUT2D eigenvalue weighted by atomic mass is 32.2. The summed E-state index contributed by atoms with van der Waals surface area (Å²) in [6.45, 7) is 7.40. The SMILES string of the molecule is CCC(C)(C)c1ccc(S(=O)(=O)NC(=O)[C@@H](NO)[C@@H](C)O)cc1. The molecule has 1 rings (SSSR count). The number of aliphatic hydroxyl groups excluding tert-OH is 1. The molecule has 0 radical (unpaired) electrons. The quantitative estimate of drug-likeness (QED) is 0.546. The van der Waals surface area contributed by atoms with Gasteiger partial charge in [0.2, 0.25) is 0 Å². The van der Waals surface area contributed by atoms with Gasteiger partial charge in [0.1, 0.15) is 6.04 Å². The van der Waals surface area contributed by atoms with E-state index in [0.717, 1.165) is 12.0 Å². The Kier molecular flexibility index (Phi) is 6.29. The first kappa shape index (κ1) is 19.6. The summed E-state index contributed by atoms with van der Waals surface area (Å²) in [5.74, 6) is -1.04. The van der Waals surface area contributed by atoms with Gasteiger partial charge in [-0.15, -0.1) is 0 Å². The van der Waals surface area contributed by atoms with Crippen LogP contribution in [0.5, 0.6) is 0 Å². The van der Waals surface area contributed by atoms with E-state index in [0.29, 0.717) is 0 Å². The summed E-state index contributed by atoms with van der Waals surface area (Å²) < 4.78 is 26.2. The molecule has 4 N–H and O–H groups in total. The van der Waals surface area contributed by atoms with Crippen molar-refractivity contribution in [2.45, 2.75) is 56.6 Å². The van der Waals surface area contributed by atoms with E-state index in [4.69, 9.17) is 5.21 Å². The summed E-state index contributed by atoms with van der Waals surface area (Å²) in [6.07, 6.45) is -0.364. The van der Waals surface area contributed by atoms with Crippen LogP contribution in [0.25, 0.3) is 0 Å². The Balaban J connectivity index is 2.99. The van der Waals surface area contributed by atoms with Crippen LogP contribution in [0, 0.1) is 0 Å². The predicted octanol–water partition coefficient (Wildman–Crippen LogP) is 0.907. The maximum absolute atomic E-state index is 12.2. The number of hydroxylamine groups is 1. The number of hydrogen-bond donors (Lipinski definition) is 4. The number of nitrogens with one attached hydrogen (secondary N) is 2. The molecule has 0 unspecified atom stereocenters. The van der Waals surface area contributed by atoms with Crippen molar-refractivity contribution in [2.75, 3.05) is 0 Å². The Morgan fingerprint density at radius 1 is 1.26 bits per heavy atom. The van der Waals surface area contributed by atoms with E-state index in [1.807, 2.05) is 11.6 Å². The zero-order chi connectivity index (χ0) is 17.8. The lowest BCUT2D eigenvalue weighted by Gasteiger charge is -2.23. The topological polar surface area (TPSA) is 116 Å². The first-order chi connectivity index (χ1) is 10.5. The summed E-state index contributed by atoms with van der Waals surface area (Å²) in [7, 11) is -4.08. The molecule has 0 heterocycles. The molecule has 1 amide bonds. The summed E-state index contributed by atoms with van der Waals surface area (Å²) in [4.78, 5) is 11.7. The van der Waals surface area contributed by atoms with Gasteiger partial charge in [0.25, 0.3) is 15.9 Å². The van der Waals surface area contributed by atoms with Crippen LogP contribution in [0.15, 0.2) is 29.2 Å². The maximum Gasteiger partial charge on any atom is 0.264 e. The van der Waals surface area contributed by atoms with E-state index in [9.17, 15) is 18.3 Å². The van der Waals surface area contributed by atoms with E-state index in [2.05, 4.69) is 13.8 Å². The average molecular weight is 344 g/mol. The highest BCUT2D eigenvalue weighted by molar-refractivity contribution is 7.90. The molecule has 2 atom stereocenters. The van der Waals surface area contributed by atoms with Crippen molar-refractivity contribution in [1.82, 2.24) is 10.2 Å². The number of benzene rings is 1. The van der Waals surface area contributed by atoms with Gasteiger partial charge in [-0.25, -0.2) is 13.1 Å². The lowest BCUT2D eigenvalue weighted by atomic mass is 9.82. The molecule has 0 saturated carbocycles. The Bertz CT molecular complexity index is 638. The molecule has 7 nitrogen and oxygen atoms in total. The van der Waals surface area contributed by atoms with Crippen LogP contribution in [0.2, 0.25) is 0 Å². The largest absolute Gasteiger partial charge is 0.391 e. The second-order valence-corrected chi connectivity index (χ2v) is 7.76. The number of carbonyl (C=O) groups excluding carboxylic acids is 1. The lowest BCUT2D eigenvalue weighted by Crippen LogP contribution is -2.50. The fourth-order valence-electron chi connectivity index (χ4n) is 1.93. The molecular formula is C15H24N2O5S. The van der Waals surface area contributed by atoms with Crippen LogP contribution >= 0.6 is 0 Å². The van der Waals surface area contributed by atoms with Gasteiger partial charge in [-0.3, -0.25) is 4.79 Å². The molecule has 0 fully saturated rings. The zero-order valence-electron chi connectivity index (χ0n) is 13.7. The van der Waals surface area contributed by atoms with Gasteiger partial charge in [0, 0.05) is 0 Å². The van der Waals surface area contributed by atoms with Crippen LogP contribution in [0.4, 0.5) is 0 Å². The summed E-state index contributed by atoms with van der Waals surface area (Å²) in [6, 6.07) is 4.82. The molecule has 130 valence electrons. The van der Waals surface area contributed by atoms with Crippen LogP contribution in [-0.4, -0.2) is 36.8 Å². The first-order valence-electron chi connectivity index (χ1n) is 7.30. The number of hydrogen-bond acceptors (Lipinski definition) is 6. The minimum absolute atomic E-state index is 0.0659. The molecule has 0 aromatic heterocycles. The van der Waals surface area contributed by atoms with Crippen molar-refractivity contribution < 1.29 is 23.5 Å². The molecule has 0 saturated heterocycles. The van der Waals surface area contributed by atoms with Gasteiger partial charge in [-0.05, 0) is 36.5 Å². The zero-order valence-corrected chi connectivity index (χ0v) is 14.5. The van der Waals surface area contributed by atoms with Crippen molar-refractivity contribution in [3.05, 3.63) is 29.8 Å². The molecular weight excluding hydrogens is 320 g/mol. The summed E-state index contributed by atoms with van der Waals surface area (Å²) in [5.41, 5.74) is 2.50. The average Bonchev–Trinajstić information content (AvgIpc) is 2.47. The Hall–Kier alpha value is -1.48. The van der Waals surface area contributed by atoms with Crippen molar-refractivity contribution in [3.8, 4) is 0 Å². The molecule has 8 heteroatoms. The number of aliphatic hydroxyl groups is 1. The van der Waals surface area contributed by atoms with Gasteiger partial charge in [0.05, 0.1) is 11.0 Å². The Labute approximate surface area is 136 Å². The third kappa shape index (κ3) is 4.74. The third-order valence-electron chi connectivity index (χ3n) is 3.97. The van der Waals surface area contributed by atoms with Crippen molar-refractivity contribution >= 4 is 15.9 Å². The standard InChI is InChI=1S/C15H24N2O5S/c1-5-15(3,4)11-6-8-12(9-7-11)23(21,22)17-14(19)13(16-20)10(2)18/h6-10,13,16,18,20H,5H2,1-4H3,(H,17,19)/t10-,13+/m1/s1. The molecule has 0 spiro atoms. The lowest BCUT2D eigenvalue weighted by molar-refractivity contribution is -0.127. The van der Waals surface area contributed by atoms with E-state index in [1.54, 1.807) is 17.6 Å². The van der Waals surface area contributed by atoms with Gasteiger partial charge < -0.3 is 10.3 Å². The van der Waals surface area contributed by atoms with Gasteiger partial charge in [-0.1, -0.05) is 32.9 Å². The second-order valence-electron chi connectivity index (χ2n) is 6.08. The minimum Gasteiger partial charge on any atom is -0.391 e. The van der Waals surface area contributed by atoms with Crippen LogP contribution in [0.1, 0.15) is 39.7 Å². The second kappa shape index (κ2) is 7.39. The highest BCUT2D eigenvalue weighted by Crippen LogP contribution is 2.27. The molecule has 0 aliphatic rings. The fourth-order valence-corrected chi connectivity index (χ4v) is 2.93. The first-order valence-corrected chi connectivity index (χ1v) is 8.78. The number of amides is 1. The molecule has 1 aromatic rings. The molecule has 0 aliphatic carbocycles. The van der Waals surface area contributed by atoms with Crippen LogP contribution in [0.3, 0.4) is 0 Å². The minimum atomic E-state index is -4.08. The summed E-state index contributed by atoms with van der Waals surface area (Å²) >= 11 is 0. The highest BCUT2D eigenvalue weighted by Gasteiger charge is 2.28. The molecule has 0 aliphatic heterocycles. The van der Waals surface area contributed by atoms with Crippen LogP contribution < -0.4 is 10.2 Å². The molecule has 1 aromatic carbocycles. The van der Waals surface area contributed by atoms with Crippen LogP contribution in [-0.2, 0) is 20.2 Å². The van der Waals surface area contributed by atoms with E-state index >= 15 is 0 Å². The van der Waals surface area contributed by atoms with Crippen molar-refractivity contribution in [3.63, 3.8) is 0 Å². The Morgan fingerprint density at radius 3 is 2.17 bits per heavy atom. The van der Waals surface area contributed by atoms with Gasteiger partial charge in [-0.2, -0.15) is 5.48 Å². The Morgan fingerprint density at radius 2 is 1.78 bits per heavy atom. The van der Waals surface area contributed by atoms with E-state index < -0.39 is 28.1 Å². The molecule has 0 bridgehead atoms. The molecule has 23 heavy (non-hydrogen) atoms. The van der Waals surface area contributed by atoms with Crippen molar-refractivity contribution in [2.24, 2.45) is 0 Å². The third-order valence-corrected chi connectivity index (χ3v) is 5.33. The van der Waals surface area contributed by atoms with E-state index in [-0.39, 0.29) is 10.3 Å². The van der Waals surface area contributed by atoms with E-state index in [1.165, 1.54) is 19.1 Å². The number of rotatable bonds is 7. The van der Waals surface area contributed by atoms with Gasteiger partial charge >= 0.3 is 0 Å². The normalized spacial score (nSPS) is 15.0. The van der Waals surface area contributed by atoms with Crippen molar-refractivity contribution in [1.29, 1.82) is 0 Å². The number of carbonyl (C=O) groups is 1. The predicted molar refractivity (Wildman–Crippen MR) is 85.5 cm³/mol. The summed E-state index contributed by atoms with van der Waals surface area (Å²) in [5, 5.41) is 18.1. The smallest absolute Gasteiger partial charge is 0.264 e.